The van der Waals surface area contributed by atoms with Gasteiger partial charge in [0.1, 0.15) is 11.5 Å². The van der Waals surface area contributed by atoms with Gasteiger partial charge in [0.25, 0.3) is 5.91 Å². The number of halogens is 3. The maximum Gasteiger partial charge on any atom is 0.389 e. The lowest BCUT2D eigenvalue weighted by Gasteiger charge is -2.25. The van der Waals surface area contributed by atoms with Gasteiger partial charge in [0.2, 0.25) is 0 Å². The molecule has 1 aliphatic rings. The van der Waals surface area contributed by atoms with Gasteiger partial charge in [-0.25, -0.2) is 9.97 Å². The van der Waals surface area contributed by atoms with Crippen LogP contribution in [0.15, 0.2) is 24.5 Å². The minimum Gasteiger partial charge on any atom is -0.356 e. The summed E-state index contributed by atoms with van der Waals surface area (Å²) in [6, 6.07) is 2.64. The molecule has 1 amide bonds. The molecule has 2 aromatic rings. The van der Waals surface area contributed by atoms with Crippen molar-refractivity contribution in [3.8, 4) is 11.4 Å². The SMILES string of the molecule is CC(C)NC(=O)c1cc(-c2nccc(N3CCC[C@@H]3C(=O)CCC(F)(F)F)n2)c[nH]1. The van der Waals surface area contributed by atoms with Crippen LogP contribution >= 0.6 is 0 Å². The second kappa shape index (κ2) is 8.85. The number of alkyl halides is 3. The highest BCUT2D eigenvalue weighted by atomic mass is 19.4. The van der Waals surface area contributed by atoms with E-state index in [0.717, 1.165) is 0 Å². The number of amides is 1. The Morgan fingerprint density at radius 1 is 1.37 bits per heavy atom. The van der Waals surface area contributed by atoms with Gasteiger partial charge in [-0.05, 0) is 38.8 Å². The number of aromatic nitrogens is 3. The molecule has 2 N–H and O–H groups in total. The van der Waals surface area contributed by atoms with E-state index in [4.69, 9.17) is 0 Å². The van der Waals surface area contributed by atoms with Gasteiger partial charge in [0.05, 0.1) is 12.5 Å². The Bertz CT molecular complexity index is 910. The van der Waals surface area contributed by atoms with Crippen LogP contribution in [-0.4, -0.2) is 51.4 Å². The summed E-state index contributed by atoms with van der Waals surface area (Å²) >= 11 is 0. The van der Waals surface area contributed by atoms with E-state index >= 15 is 0 Å². The van der Waals surface area contributed by atoms with Gasteiger partial charge in [-0.2, -0.15) is 13.2 Å². The van der Waals surface area contributed by atoms with Crippen molar-refractivity contribution in [1.82, 2.24) is 20.3 Å². The van der Waals surface area contributed by atoms with Crippen LogP contribution in [0.4, 0.5) is 19.0 Å². The highest BCUT2D eigenvalue weighted by Gasteiger charge is 2.35. The number of H-pyrrole nitrogens is 1. The molecule has 10 heteroatoms. The van der Waals surface area contributed by atoms with E-state index in [-0.39, 0.29) is 11.9 Å². The van der Waals surface area contributed by atoms with Gasteiger partial charge >= 0.3 is 6.18 Å². The molecule has 1 saturated heterocycles. The lowest BCUT2D eigenvalue weighted by Crippen LogP contribution is -2.37. The Balaban J connectivity index is 1.76. The first-order chi connectivity index (χ1) is 14.1. The number of aromatic amines is 1. The molecule has 1 aliphatic heterocycles. The van der Waals surface area contributed by atoms with Gasteiger partial charge < -0.3 is 15.2 Å². The number of anilines is 1. The van der Waals surface area contributed by atoms with Gasteiger partial charge in [-0.3, -0.25) is 9.59 Å². The van der Waals surface area contributed by atoms with Crippen molar-refractivity contribution in [2.45, 2.75) is 57.8 Å². The molecule has 0 spiro atoms. The number of nitrogens with zero attached hydrogens (tertiary/aromatic N) is 3. The standard InChI is InChI=1S/C20H24F3N5O2/c1-12(2)26-19(30)14-10-13(11-25-14)18-24-8-6-17(27-18)28-9-3-4-15(28)16(29)5-7-20(21,22)23/h6,8,10-12,15,25H,3-5,7,9H2,1-2H3,(H,26,30)/t15-/m1/s1. The highest BCUT2D eigenvalue weighted by molar-refractivity contribution is 5.93. The zero-order chi connectivity index (χ0) is 21.9. The molecule has 1 atom stereocenters. The van der Waals surface area contributed by atoms with Crippen molar-refractivity contribution in [3.05, 3.63) is 30.2 Å². The number of carbonyl (C=O) groups excluding carboxylic acids is 2. The Hall–Kier alpha value is -2.91. The number of nitrogens with one attached hydrogen (secondary N) is 2. The van der Waals surface area contributed by atoms with E-state index in [9.17, 15) is 22.8 Å². The second-order valence-corrected chi connectivity index (χ2v) is 7.60. The van der Waals surface area contributed by atoms with E-state index in [0.29, 0.717) is 42.3 Å². The Labute approximate surface area is 172 Å². The molecule has 0 unspecified atom stereocenters. The summed E-state index contributed by atoms with van der Waals surface area (Å²) in [5.74, 6) is 0.166. The van der Waals surface area contributed by atoms with E-state index < -0.39 is 30.8 Å². The average Bonchev–Trinajstić information content (AvgIpc) is 3.35. The molecular weight excluding hydrogens is 399 g/mol. The van der Waals surface area contributed by atoms with Gasteiger partial charge in [-0.1, -0.05) is 0 Å². The van der Waals surface area contributed by atoms with E-state index in [1.165, 1.54) is 6.20 Å². The maximum atomic E-state index is 12.5. The summed E-state index contributed by atoms with van der Waals surface area (Å²) in [7, 11) is 0. The third kappa shape index (κ3) is 5.37. The predicted molar refractivity (Wildman–Crippen MR) is 105 cm³/mol. The smallest absolute Gasteiger partial charge is 0.356 e. The molecule has 0 aliphatic carbocycles. The zero-order valence-corrected chi connectivity index (χ0v) is 16.8. The van der Waals surface area contributed by atoms with E-state index in [1.54, 1.807) is 23.2 Å². The third-order valence-electron chi connectivity index (χ3n) is 4.82. The van der Waals surface area contributed by atoms with Crippen LogP contribution in [0.2, 0.25) is 0 Å². The summed E-state index contributed by atoms with van der Waals surface area (Å²) in [6.07, 6.45) is -1.65. The summed E-state index contributed by atoms with van der Waals surface area (Å²) in [5.41, 5.74) is 0.971. The van der Waals surface area contributed by atoms with Crippen LogP contribution in [0.3, 0.4) is 0 Å². The van der Waals surface area contributed by atoms with Crippen LogP contribution in [0.1, 0.15) is 50.0 Å². The number of hydrogen-bond acceptors (Lipinski definition) is 5. The normalized spacial score (nSPS) is 16.9. The van der Waals surface area contributed by atoms with Crippen molar-refractivity contribution in [2.75, 3.05) is 11.4 Å². The van der Waals surface area contributed by atoms with Crippen molar-refractivity contribution in [1.29, 1.82) is 0 Å². The predicted octanol–water partition coefficient (Wildman–Crippen LogP) is 3.49. The highest BCUT2D eigenvalue weighted by Crippen LogP contribution is 2.29. The summed E-state index contributed by atoms with van der Waals surface area (Å²) in [6.45, 7) is 4.25. The first-order valence-corrected chi connectivity index (χ1v) is 9.83. The molecular formula is C20H24F3N5O2. The fourth-order valence-electron chi connectivity index (χ4n) is 3.45. The topological polar surface area (TPSA) is 91.0 Å². The Morgan fingerprint density at radius 3 is 2.83 bits per heavy atom. The molecule has 0 saturated carbocycles. The first kappa shape index (κ1) is 21.8. The molecule has 2 aromatic heterocycles. The minimum atomic E-state index is -4.35. The lowest BCUT2D eigenvalue weighted by molar-refractivity contribution is -0.143. The molecule has 3 heterocycles. The molecule has 30 heavy (non-hydrogen) atoms. The number of rotatable bonds is 7. The van der Waals surface area contributed by atoms with Crippen molar-refractivity contribution in [2.24, 2.45) is 0 Å². The van der Waals surface area contributed by atoms with Crippen LogP contribution in [-0.2, 0) is 4.79 Å². The first-order valence-electron chi connectivity index (χ1n) is 9.83. The van der Waals surface area contributed by atoms with Crippen molar-refractivity contribution in [3.63, 3.8) is 0 Å². The molecule has 0 aromatic carbocycles. The summed E-state index contributed by atoms with van der Waals surface area (Å²) in [4.78, 5) is 37.8. The van der Waals surface area contributed by atoms with Crippen LogP contribution in [0.5, 0.6) is 0 Å². The summed E-state index contributed by atoms with van der Waals surface area (Å²) < 4.78 is 37.4. The zero-order valence-electron chi connectivity index (χ0n) is 16.8. The van der Waals surface area contributed by atoms with Crippen molar-refractivity contribution < 1.29 is 22.8 Å². The molecule has 162 valence electrons. The van der Waals surface area contributed by atoms with Gasteiger partial charge in [0.15, 0.2) is 11.6 Å². The largest absolute Gasteiger partial charge is 0.389 e. The Kier molecular flexibility index (Phi) is 6.42. The van der Waals surface area contributed by atoms with Crippen molar-refractivity contribution >= 4 is 17.5 Å². The molecule has 7 nitrogen and oxygen atoms in total. The van der Waals surface area contributed by atoms with Gasteiger partial charge in [-0.15, -0.1) is 0 Å². The van der Waals surface area contributed by atoms with E-state index in [1.807, 2.05) is 13.8 Å². The minimum absolute atomic E-state index is 0.00851. The number of ketones is 1. The fraction of sp³-hybridized carbons (Fsp3) is 0.500. The maximum absolute atomic E-state index is 12.5. The number of hydrogen-bond donors (Lipinski definition) is 2. The second-order valence-electron chi connectivity index (χ2n) is 7.60. The van der Waals surface area contributed by atoms with Crippen LogP contribution < -0.4 is 10.2 Å². The molecule has 0 bridgehead atoms. The Morgan fingerprint density at radius 2 is 2.13 bits per heavy atom. The van der Waals surface area contributed by atoms with Gasteiger partial charge in [0, 0.05) is 37.0 Å². The van der Waals surface area contributed by atoms with Crippen LogP contribution in [0, 0.1) is 0 Å². The monoisotopic (exact) mass is 423 g/mol. The molecule has 0 radical (unpaired) electrons. The fourth-order valence-corrected chi connectivity index (χ4v) is 3.45. The lowest BCUT2D eigenvalue weighted by atomic mass is 10.1. The summed E-state index contributed by atoms with van der Waals surface area (Å²) in [5, 5.41) is 2.78. The van der Waals surface area contributed by atoms with Crippen LogP contribution in [0.25, 0.3) is 11.4 Å². The average molecular weight is 423 g/mol. The molecule has 1 fully saturated rings. The quantitative estimate of drug-likeness (QED) is 0.712. The number of carbonyl (C=O) groups is 2. The third-order valence-corrected chi connectivity index (χ3v) is 4.82. The number of Topliss-reactive ketones (excluding diaryl/α,β-unsaturated/α-hetero) is 1. The van der Waals surface area contributed by atoms with E-state index in [2.05, 4.69) is 20.3 Å². The molecule has 3 rings (SSSR count).